The highest BCUT2D eigenvalue weighted by molar-refractivity contribution is 6.31. The minimum absolute atomic E-state index is 0.0549. The fourth-order valence-corrected chi connectivity index (χ4v) is 4.04. The van der Waals surface area contributed by atoms with Gasteiger partial charge in [0.25, 0.3) is 5.91 Å². The lowest BCUT2D eigenvalue weighted by molar-refractivity contribution is -0.141. The summed E-state index contributed by atoms with van der Waals surface area (Å²) in [4.78, 5) is 27.3. The summed E-state index contributed by atoms with van der Waals surface area (Å²) in [5.74, 6) is -0.339. The van der Waals surface area contributed by atoms with Crippen LogP contribution in [-0.2, 0) is 14.3 Å². The second-order valence-corrected chi connectivity index (χ2v) is 8.39. The van der Waals surface area contributed by atoms with E-state index in [9.17, 15) is 9.59 Å². The molecule has 0 aliphatic carbocycles. The second kappa shape index (κ2) is 10.7. The predicted octanol–water partition coefficient (Wildman–Crippen LogP) is 4.52. The van der Waals surface area contributed by atoms with E-state index in [1.807, 2.05) is 30.3 Å². The molecule has 2 aromatic carbocycles. The van der Waals surface area contributed by atoms with Crippen LogP contribution >= 0.6 is 11.6 Å². The lowest BCUT2D eigenvalue weighted by Gasteiger charge is -2.27. The van der Waals surface area contributed by atoms with Crippen LogP contribution < -0.4 is 0 Å². The number of aryl methyl sites for hydroxylation is 2. The second-order valence-electron chi connectivity index (χ2n) is 7.99. The smallest absolute Gasteiger partial charge is 0.262 e. The average molecular weight is 456 g/mol. The van der Waals surface area contributed by atoms with E-state index in [1.54, 1.807) is 14.0 Å². The predicted molar refractivity (Wildman–Crippen MR) is 127 cm³/mol. The van der Waals surface area contributed by atoms with E-state index in [-0.39, 0.29) is 24.4 Å². The Kier molecular flexibility index (Phi) is 8.04. The first kappa shape index (κ1) is 24.0. The lowest BCUT2D eigenvalue weighted by atomic mass is 9.96. The minimum atomic E-state index is -0.325. The summed E-state index contributed by atoms with van der Waals surface area (Å²) in [7, 11) is 1.57. The number of hydrogen-bond donors (Lipinski definition) is 0. The van der Waals surface area contributed by atoms with Crippen LogP contribution in [0.1, 0.15) is 48.1 Å². The molecule has 2 amide bonds. The van der Waals surface area contributed by atoms with Crippen molar-refractivity contribution < 1.29 is 14.3 Å². The molecule has 7 heteroatoms. The largest absolute Gasteiger partial charge is 0.383 e. The summed E-state index contributed by atoms with van der Waals surface area (Å²) in [6.45, 7) is 6.58. The number of benzene rings is 2. The van der Waals surface area contributed by atoms with Gasteiger partial charge < -0.3 is 9.64 Å². The highest BCUT2D eigenvalue weighted by Crippen LogP contribution is 2.36. The van der Waals surface area contributed by atoms with Crippen molar-refractivity contribution in [2.45, 2.75) is 39.7 Å². The monoisotopic (exact) mass is 455 g/mol. The van der Waals surface area contributed by atoms with Crippen LogP contribution in [0.4, 0.5) is 0 Å². The van der Waals surface area contributed by atoms with E-state index in [2.05, 4.69) is 26.0 Å². The Morgan fingerprint density at radius 3 is 2.59 bits per heavy atom. The van der Waals surface area contributed by atoms with Gasteiger partial charge in [0.2, 0.25) is 5.91 Å². The zero-order valence-corrected chi connectivity index (χ0v) is 19.9. The average Bonchev–Trinajstić information content (AvgIpc) is 3.23. The van der Waals surface area contributed by atoms with Gasteiger partial charge in [-0.15, -0.1) is 0 Å². The van der Waals surface area contributed by atoms with Gasteiger partial charge in [-0.1, -0.05) is 48.9 Å². The van der Waals surface area contributed by atoms with Gasteiger partial charge in [-0.25, -0.2) is 5.01 Å². The van der Waals surface area contributed by atoms with Crippen molar-refractivity contribution >= 4 is 29.1 Å². The van der Waals surface area contributed by atoms with Crippen LogP contribution in [0.25, 0.3) is 0 Å². The molecule has 0 fully saturated rings. The number of hydrazone groups is 1. The van der Waals surface area contributed by atoms with Gasteiger partial charge in [-0.05, 0) is 48.2 Å². The van der Waals surface area contributed by atoms with E-state index in [1.165, 1.54) is 21.0 Å². The normalized spacial score (nSPS) is 15.6. The topological polar surface area (TPSA) is 62.2 Å². The molecule has 1 aliphatic rings. The summed E-state index contributed by atoms with van der Waals surface area (Å²) in [5.41, 5.74) is 5.03. The van der Waals surface area contributed by atoms with Crippen molar-refractivity contribution in [2.75, 3.05) is 26.8 Å². The van der Waals surface area contributed by atoms with E-state index >= 15 is 0 Å². The number of rotatable bonds is 8. The number of carbonyl (C=O) groups is 2. The molecule has 3 rings (SSSR count). The van der Waals surface area contributed by atoms with Crippen molar-refractivity contribution in [3.8, 4) is 0 Å². The molecule has 0 radical (unpaired) electrons. The van der Waals surface area contributed by atoms with Crippen LogP contribution in [0.5, 0.6) is 0 Å². The van der Waals surface area contributed by atoms with Crippen molar-refractivity contribution in [2.24, 2.45) is 5.10 Å². The Bertz CT molecular complexity index is 1020. The Morgan fingerprint density at radius 2 is 1.94 bits per heavy atom. The highest BCUT2D eigenvalue weighted by Gasteiger charge is 2.35. The summed E-state index contributed by atoms with van der Waals surface area (Å²) in [6.07, 6.45) is 0.875. The first-order valence-corrected chi connectivity index (χ1v) is 11.2. The van der Waals surface area contributed by atoms with Gasteiger partial charge in [-0.3, -0.25) is 9.59 Å². The number of halogens is 1. The van der Waals surface area contributed by atoms with Crippen LogP contribution in [0.15, 0.2) is 47.6 Å². The van der Waals surface area contributed by atoms with Crippen molar-refractivity contribution in [1.82, 2.24) is 9.91 Å². The van der Waals surface area contributed by atoms with E-state index in [0.29, 0.717) is 31.0 Å². The van der Waals surface area contributed by atoms with Crippen LogP contribution in [0.2, 0.25) is 5.02 Å². The summed E-state index contributed by atoms with van der Waals surface area (Å²) >= 11 is 6.49. The lowest BCUT2D eigenvalue weighted by Crippen LogP contribution is -2.42. The standard InChI is InChI=1S/C25H30ClN3O3/c1-5-24(30)28(12-13-32-4)16-25(31)29-23(20-8-6-7-9-21(20)26)15-22(27-29)19-11-10-17(2)18(3)14-19/h6-11,14,23H,5,12-13,15-16H2,1-4H3/t23-/m0/s1. The first-order valence-electron chi connectivity index (χ1n) is 10.8. The fraction of sp³-hybridized carbons (Fsp3) is 0.400. The van der Waals surface area contributed by atoms with Crippen molar-refractivity contribution in [3.05, 3.63) is 69.7 Å². The fourth-order valence-electron chi connectivity index (χ4n) is 3.78. The van der Waals surface area contributed by atoms with Gasteiger partial charge in [0, 0.05) is 31.5 Å². The molecule has 6 nitrogen and oxygen atoms in total. The third-order valence-electron chi connectivity index (χ3n) is 5.82. The molecule has 1 aliphatic heterocycles. The van der Waals surface area contributed by atoms with E-state index < -0.39 is 0 Å². The van der Waals surface area contributed by atoms with Crippen molar-refractivity contribution in [1.29, 1.82) is 0 Å². The number of methoxy groups -OCH3 is 1. The quantitative estimate of drug-likeness (QED) is 0.588. The third-order valence-corrected chi connectivity index (χ3v) is 6.16. The molecule has 1 heterocycles. The van der Waals surface area contributed by atoms with Gasteiger partial charge >= 0.3 is 0 Å². The first-order chi connectivity index (χ1) is 15.3. The molecule has 0 saturated heterocycles. The molecule has 0 aromatic heterocycles. The maximum Gasteiger partial charge on any atom is 0.262 e. The summed E-state index contributed by atoms with van der Waals surface area (Å²) < 4.78 is 5.11. The third kappa shape index (κ3) is 5.37. The van der Waals surface area contributed by atoms with Crippen molar-refractivity contribution in [3.63, 3.8) is 0 Å². The number of carbonyl (C=O) groups excluding carboxylic acids is 2. The van der Waals surface area contributed by atoms with Gasteiger partial charge in [-0.2, -0.15) is 5.10 Å². The SMILES string of the molecule is CCC(=O)N(CCOC)CC(=O)N1N=C(c2ccc(C)c(C)c2)C[C@H]1c1ccccc1Cl. The van der Waals surface area contributed by atoms with Crippen LogP contribution in [0, 0.1) is 13.8 Å². The number of nitrogens with zero attached hydrogens (tertiary/aromatic N) is 3. The summed E-state index contributed by atoms with van der Waals surface area (Å²) in [5, 5.41) is 6.80. The minimum Gasteiger partial charge on any atom is -0.383 e. The van der Waals surface area contributed by atoms with Crippen LogP contribution in [-0.4, -0.2) is 54.2 Å². The molecule has 0 saturated carbocycles. The Labute approximate surface area is 194 Å². The molecule has 170 valence electrons. The highest BCUT2D eigenvalue weighted by atomic mass is 35.5. The molecule has 2 aromatic rings. The Morgan fingerprint density at radius 1 is 1.19 bits per heavy atom. The molecule has 1 atom stereocenters. The van der Waals surface area contributed by atoms with Gasteiger partial charge in [0.05, 0.1) is 18.4 Å². The molecule has 0 unspecified atom stereocenters. The molecule has 0 spiro atoms. The molecule has 0 bridgehead atoms. The summed E-state index contributed by atoms with van der Waals surface area (Å²) in [6, 6.07) is 13.4. The van der Waals surface area contributed by atoms with Gasteiger partial charge in [0.15, 0.2) is 0 Å². The van der Waals surface area contributed by atoms with Gasteiger partial charge in [0.1, 0.15) is 6.54 Å². The maximum absolute atomic E-state index is 13.4. The Balaban J connectivity index is 1.94. The molecular formula is C25H30ClN3O3. The number of hydrogen-bond acceptors (Lipinski definition) is 4. The molecule has 32 heavy (non-hydrogen) atoms. The van der Waals surface area contributed by atoms with E-state index in [4.69, 9.17) is 21.4 Å². The molecular weight excluding hydrogens is 426 g/mol. The molecule has 0 N–H and O–H groups in total. The maximum atomic E-state index is 13.4. The number of amides is 2. The zero-order chi connectivity index (χ0) is 23.3. The van der Waals surface area contributed by atoms with Crippen LogP contribution in [0.3, 0.4) is 0 Å². The zero-order valence-electron chi connectivity index (χ0n) is 19.1. The number of ether oxygens (including phenoxy) is 1. The van der Waals surface area contributed by atoms with E-state index in [0.717, 1.165) is 16.8 Å². The Hall–Kier alpha value is -2.70.